The van der Waals surface area contributed by atoms with Gasteiger partial charge in [-0.2, -0.15) is 5.21 Å². The van der Waals surface area contributed by atoms with Crippen molar-refractivity contribution in [3.63, 3.8) is 0 Å². The van der Waals surface area contributed by atoms with Crippen molar-refractivity contribution in [2.75, 3.05) is 12.4 Å². The smallest absolute Gasteiger partial charge is 0.263 e. The number of halogens is 2. The summed E-state index contributed by atoms with van der Waals surface area (Å²) in [5.74, 6) is 1.49. The molecule has 0 saturated heterocycles. The molecule has 9 heteroatoms. The average molecular weight is 380 g/mol. The second-order valence-corrected chi connectivity index (χ2v) is 5.88. The third-order valence-electron chi connectivity index (χ3n) is 3.46. The van der Waals surface area contributed by atoms with Crippen LogP contribution >= 0.6 is 23.2 Å². The summed E-state index contributed by atoms with van der Waals surface area (Å²) in [4.78, 5) is 0. The normalized spacial score (nSPS) is 10.5. The molecule has 0 aliphatic rings. The second kappa shape index (κ2) is 8.04. The zero-order valence-corrected chi connectivity index (χ0v) is 14.8. The van der Waals surface area contributed by atoms with E-state index in [9.17, 15) is 0 Å². The molecule has 0 fully saturated rings. The van der Waals surface area contributed by atoms with Crippen molar-refractivity contribution in [2.45, 2.75) is 13.2 Å². The van der Waals surface area contributed by atoms with Crippen LogP contribution in [0, 0.1) is 0 Å². The number of nitrogens with one attached hydrogen (secondary N) is 2. The zero-order chi connectivity index (χ0) is 17.6. The lowest BCUT2D eigenvalue weighted by Crippen LogP contribution is -2.04. The first-order valence-electron chi connectivity index (χ1n) is 7.37. The third-order valence-corrected chi connectivity index (χ3v) is 4.18. The van der Waals surface area contributed by atoms with E-state index >= 15 is 0 Å². The van der Waals surface area contributed by atoms with E-state index in [0.29, 0.717) is 40.6 Å². The number of aromatic amines is 1. The summed E-state index contributed by atoms with van der Waals surface area (Å²) in [5.41, 5.74) is 1.69. The molecule has 3 rings (SSSR count). The summed E-state index contributed by atoms with van der Waals surface area (Å²) in [6, 6.07) is 11.0. The summed E-state index contributed by atoms with van der Waals surface area (Å²) in [6.45, 7) is 0.729. The number of ether oxygens (including phenoxy) is 2. The first-order chi connectivity index (χ1) is 12.2. The minimum atomic E-state index is 0.312. The molecule has 7 nitrogen and oxygen atoms in total. The van der Waals surface area contributed by atoms with E-state index in [2.05, 4.69) is 25.9 Å². The number of benzene rings is 2. The Morgan fingerprint density at radius 2 is 1.92 bits per heavy atom. The number of methoxy groups -OCH3 is 1. The van der Waals surface area contributed by atoms with Gasteiger partial charge < -0.3 is 14.8 Å². The molecule has 1 aromatic heterocycles. The maximum Gasteiger partial charge on any atom is 0.263 e. The molecule has 2 N–H and O–H groups in total. The van der Waals surface area contributed by atoms with Gasteiger partial charge in [-0.3, -0.25) is 0 Å². The summed E-state index contributed by atoms with van der Waals surface area (Å²) >= 11 is 12.5. The molecule has 3 aromatic rings. The van der Waals surface area contributed by atoms with Gasteiger partial charge in [0.15, 0.2) is 11.5 Å². The maximum atomic E-state index is 6.35. The van der Waals surface area contributed by atoms with Crippen LogP contribution in [0.4, 0.5) is 5.95 Å². The molecule has 0 amide bonds. The van der Waals surface area contributed by atoms with Crippen LogP contribution in [-0.2, 0) is 13.2 Å². The van der Waals surface area contributed by atoms with Crippen LogP contribution in [0.15, 0.2) is 36.4 Å². The Bertz CT molecular complexity index is 843. The first kappa shape index (κ1) is 17.3. The number of hydrogen-bond donors (Lipinski definition) is 2. The highest BCUT2D eigenvalue weighted by Gasteiger charge is 2.12. The van der Waals surface area contributed by atoms with Crippen LogP contribution in [0.5, 0.6) is 11.5 Å². The lowest BCUT2D eigenvalue weighted by Gasteiger charge is -2.14. The number of nitrogens with zero attached hydrogens (tertiary/aromatic N) is 3. The highest BCUT2D eigenvalue weighted by Crippen LogP contribution is 2.34. The van der Waals surface area contributed by atoms with Crippen LogP contribution < -0.4 is 14.8 Å². The highest BCUT2D eigenvalue weighted by atomic mass is 35.5. The van der Waals surface area contributed by atoms with Crippen molar-refractivity contribution in [3.05, 3.63) is 57.6 Å². The maximum absolute atomic E-state index is 6.35. The largest absolute Gasteiger partial charge is 0.493 e. The second-order valence-electron chi connectivity index (χ2n) is 5.06. The van der Waals surface area contributed by atoms with E-state index in [4.69, 9.17) is 32.7 Å². The van der Waals surface area contributed by atoms with Crippen molar-refractivity contribution in [1.82, 2.24) is 20.6 Å². The van der Waals surface area contributed by atoms with Crippen LogP contribution in [0.25, 0.3) is 0 Å². The first-order valence-corrected chi connectivity index (χ1v) is 8.13. The van der Waals surface area contributed by atoms with Gasteiger partial charge in [0.1, 0.15) is 6.61 Å². The van der Waals surface area contributed by atoms with Gasteiger partial charge in [-0.1, -0.05) is 46.5 Å². The molecule has 0 unspecified atom stereocenters. The lowest BCUT2D eigenvalue weighted by atomic mass is 10.2. The molecule has 0 aliphatic carbocycles. The molecule has 0 atom stereocenters. The Balaban J connectivity index is 1.73. The van der Waals surface area contributed by atoms with E-state index in [0.717, 1.165) is 11.1 Å². The Morgan fingerprint density at radius 1 is 1.08 bits per heavy atom. The zero-order valence-electron chi connectivity index (χ0n) is 13.3. The van der Waals surface area contributed by atoms with Gasteiger partial charge in [0.05, 0.1) is 7.11 Å². The van der Waals surface area contributed by atoms with Crippen LogP contribution in [0.3, 0.4) is 0 Å². The molecule has 2 aromatic carbocycles. The van der Waals surface area contributed by atoms with E-state index < -0.39 is 0 Å². The average Bonchev–Trinajstić information content (AvgIpc) is 3.13. The molecule has 0 bridgehead atoms. The standard InChI is InChI=1S/C16H15Cl2N5O2/c1-24-14-6-11(8-19-16-20-22-23-21-16)13(18)7-15(14)25-9-10-4-2-3-5-12(10)17/h2-7H,8-9H2,1H3,(H2,19,20,21,22,23). The van der Waals surface area contributed by atoms with Crippen molar-refractivity contribution >= 4 is 29.2 Å². The number of aromatic nitrogens is 4. The molecule has 0 radical (unpaired) electrons. The summed E-state index contributed by atoms with van der Waals surface area (Å²) < 4.78 is 11.2. The van der Waals surface area contributed by atoms with E-state index in [-0.39, 0.29) is 0 Å². The van der Waals surface area contributed by atoms with Gasteiger partial charge in [-0.05, 0) is 22.9 Å². The molecule has 0 saturated carbocycles. The van der Waals surface area contributed by atoms with Crippen molar-refractivity contribution < 1.29 is 9.47 Å². The Labute approximate surface area is 154 Å². The van der Waals surface area contributed by atoms with Gasteiger partial charge in [-0.25, -0.2) is 0 Å². The quantitative estimate of drug-likeness (QED) is 0.650. The minimum absolute atomic E-state index is 0.312. The SMILES string of the molecule is COc1cc(CNc2nn[nH]n2)c(Cl)cc1OCc1ccccc1Cl. The fourth-order valence-electron chi connectivity index (χ4n) is 2.17. The van der Waals surface area contributed by atoms with E-state index in [1.54, 1.807) is 19.2 Å². The van der Waals surface area contributed by atoms with Gasteiger partial charge in [0.2, 0.25) is 0 Å². The van der Waals surface area contributed by atoms with Crippen molar-refractivity contribution in [3.8, 4) is 11.5 Å². The van der Waals surface area contributed by atoms with E-state index in [1.807, 2.05) is 24.3 Å². The third kappa shape index (κ3) is 4.32. The monoisotopic (exact) mass is 379 g/mol. The Kier molecular flexibility index (Phi) is 5.57. The topological polar surface area (TPSA) is 85.0 Å². The molecular formula is C16H15Cl2N5O2. The fourth-order valence-corrected chi connectivity index (χ4v) is 2.58. The van der Waals surface area contributed by atoms with E-state index in [1.165, 1.54) is 0 Å². The lowest BCUT2D eigenvalue weighted by molar-refractivity contribution is 0.284. The molecule has 130 valence electrons. The Morgan fingerprint density at radius 3 is 2.64 bits per heavy atom. The summed E-state index contributed by atoms with van der Waals surface area (Å²) in [7, 11) is 1.57. The number of tetrazole rings is 1. The summed E-state index contributed by atoms with van der Waals surface area (Å²) in [6.07, 6.45) is 0. The van der Waals surface area contributed by atoms with Gasteiger partial charge in [0, 0.05) is 28.2 Å². The van der Waals surface area contributed by atoms with Crippen LogP contribution in [-0.4, -0.2) is 27.7 Å². The molecular weight excluding hydrogens is 365 g/mol. The number of H-pyrrole nitrogens is 1. The number of anilines is 1. The van der Waals surface area contributed by atoms with Crippen LogP contribution in [0.2, 0.25) is 10.0 Å². The molecule has 1 heterocycles. The number of rotatable bonds is 7. The minimum Gasteiger partial charge on any atom is -0.493 e. The van der Waals surface area contributed by atoms with Gasteiger partial charge in [0.25, 0.3) is 5.95 Å². The van der Waals surface area contributed by atoms with Crippen molar-refractivity contribution in [1.29, 1.82) is 0 Å². The van der Waals surface area contributed by atoms with Gasteiger partial charge in [-0.15, -0.1) is 5.10 Å². The Hall–Kier alpha value is -2.51. The summed E-state index contributed by atoms with van der Waals surface area (Å²) in [5, 5.41) is 17.7. The highest BCUT2D eigenvalue weighted by molar-refractivity contribution is 6.31. The van der Waals surface area contributed by atoms with Crippen LogP contribution in [0.1, 0.15) is 11.1 Å². The van der Waals surface area contributed by atoms with Gasteiger partial charge >= 0.3 is 0 Å². The fraction of sp³-hybridized carbons (Fsp3) is 0.188. The predicted octanol–water partition coefficient (Wildman–Crippen LogP) is 3.71. The van der Waals surface area contributed by atoms with Crippen molar-refractivity contribution in [2.24, 2.45) is 0 Å². The molecule has 0 aliphatic heterocycles. The molecule has 0 spiro atoms. The number of hydrogen-bond acceptors (Lipinski definition) is 6. The predicted molar refractivity (Wildman–Crippen MR) is 95.3 cm³/mol. The molecule has 25 heavy (non-hydrogen) atoms.